The lowest BCUT2D eigenvalue weighted by Gasteiger charge is -2.35. The summed E-state index contributed by atoms with van der Waals surface area (Å²) < 4.78 is 43.8. The molecule has 3 nitrogen and oxygen atoms in total. The van der Waals surface area contributed by atoms with Crippen molar-refractivity contribution in [3.8, 4) is 5.75 Å². The molecule has 0 aliphatic heterocycles. The summed E-state index contributed by atoms with van der Waals surface area (Å²) in [5.74, 6) is 0.558. The van der Waals surface area contributed by atoms with Gasteiger partial charge in [0.1, 0.15) is 5.75 Å². The average Bonchev–Trinajstić information content (AvgIpc) is 2.37. The zero-order chi connectivity index (χ0) is 16.0. The van der Waals surface area contributed by atoms with E-state index in [0.29, 0.717) is 24.3 Å². The Morgan fingerprint density at radius 1 is 1.29 bits per heavy atom. The van der Waals surface area contributed by atoms with E-state index in [0.717, 1.165) is 0 Å². The van der Waals surface area contributed by atoms with Crippen LogP contribution in [0.3, 0.4) is 0 Å². The zero-order valence-corrected chi connectivity index (χ0v) is 12.7. The van der Waals surface area contributed by atoms with Crippen LogP contribution in [0.1, 0.15) is 31.9 Å². The van der Waals surface area contributed by atoms with Crippen molar-refractivity contribution in [3.63, 3.8) is 0 Å². The molecular weight excluding hydrogens is 281 g/mol. The summed E-state index contributed by atoms with van der Waals surface area (Å²) in [6.07, 6.45) is -3.64. The Morgan fingerprint density at radius 3 is 2.38 bits per heavy atom. The average molecular weight is 304 g/mol. The molecule has 0 aliphatic carbocycles. The Kier molecular flexibility index (Phi) is 6.48. The Hall–Kier alpha value is -1.27. The zero-order valence-electron chi connectivity index (χ0n) is 12.7. The fourth-order valence-electron chi connectivity index (χ4n) is 2.56. The van der Waals surface area contributed by atoms with Gasteiger partial charge in [0.25, 0.3) is 0 Å². The molecule has 0 spiro atoms. The SMILES string of the molecule is CCCN(CC(F)(F)F)C(c1ccccc1OC)C(C)N. The quantitative estimate of drug-likeness (QED) is 0.839. The molecule has 0 radical (unpaired) electrons. The number of nitrogens with two attached hydrogens (primary N) is 1. The second-order valence-corrected chi connectivity index (χ2v) is 5.13. The molecule has 0 bridgehead atoms. The van der Waals surface area contributed by atoms with Gasteiger partial charge in [-0.25, -0.2) is 0 Å². The number of halogens is 3. The van der Waals surface area contributed by atoms with Gasteiger partial charge in [-0.05, 0) is 26.0 Å². The fourth-order valence-corrected chi connectivity index (χ4v) is 2.56. The second kappa shape index (κ2) is 7.66. The highest BCUT2D eigenvalue weighted by Crippen LogP contribution is 2.33. The van der Waals surface area contributed by atoms with E-state index in [1.165, 1.54) is 12.0 Å². The Morgan fingerprint density at radius 2 is 1.90 bits per heavy atom. The monoisotopic (exact) mass is 304 g/mol. The summed E-state index contributed by atoms with van der Waals surface area (Å²) in [7, 11) is 1.50. The van der Waals surface area contributed by atoms with Crippen LogP contribution in [0.15, 0.2) is 24.3 Å². The molecule has 1 aromatic rings. The highest BCUT2D eigenvalue weighted by atomic mass is 19.4. The van der Waals surface area contributed by atoms with Crippen LogP contribution in [-0.2, 0) is 0 Å². The highest BCUT2D eigenvalue weighted by Gasteiger charge is 2.36. The van der Waals surface area contributed by atoms with Crippen LogP contribution >= 0.6 is 0 Å². The number of benzene rings is 1. The molecule has 2 unspecified atom stereocenters. The molecule has 0 amide bonds. The van der Waals surface area contributed by atoms with Gasteiger partial charge in [0, 0.05) is 11.6 Å². The number of ether oxygens (including phenoxy) is 1. The van der Waals surface area contributed by atoms with Crippen LogP contribution in [0.5, 0.6) is 5.75 Å². The third-order valence-corrected chi connectivity index (χ3v) is 3.24. The number of rotatable bonds is 7. The predicted molar refractivity (Wildman–Crippen MR) is 77.3 cm³/mol. The molecule has 21 heavy (non-hydrogen) atoms. The molecule has 0 aromatic heterocycles. The second-order valence-electron chi connectivity index (χ2n) is 5.13. The minimum Gasteiger partial charge on any atom is -0.496 e. The van der Waals surface area contributed by atoms with E-state index < -0.39 is 24.8 Å². The molecule has 0 fully saturated rings. The standard InChI is InChI=1S/C15H23F3N2O/c1-4-9-20(10-15(16,17)18)14(11(2)19)12-7-5-6-8-13(12)21-3/h5-8,11,14H,4,9-10,19H2,1-3H3. The Balaban J connectivity index is 3.18. The molecule has 0 heterocycles. The maximum atomic E-state index is 12.8. The molecule has 1 rings (SSSR count). The van der Waals surface area contributed by atoms with Gasteiger partial charge in [-0.2, -0.15) is 13.2 Å². The summed E-state index contributed by atoms with van der Waals surface area (Å²) in [5.41, 5.74) is 6.67. The van der Waals surface area contributed by atoms with E-state index in [9.17, 15) is 13.2 Å². The minimum absolute atomic E-state index is 0.323. The smallest absolute Gasteiger partial charge is 0.401 e. The maximum Gasteiger partial charge on any atom is 0.401 e. The molecule has 2 N–H and O–H groups in total. The van der Waals surface area contributed by atoms with Gasteiger partial charge in [-0.3, -0.25) is 4.90 Å². The maximum absolute atomic E-state index is 12.8. The van der Waals surface area contributed by atoms with Gasteiger partial charge in [0.15, 0.2) is 0 Å². The number of methoxy groups -OCH3 is 1. The van der Waals surface area contributed by atoms with E-state index in [2.05, 4.69) is 0 Å². The number of hydrogen-bond donors (Lipinski definition) is 1. The first-order valence-corrected chi connectivity index (χ1v) is 6.99. The predicted octanol–water partition coefficient (Wildman–Crippen LogP) is 3.36. The largest absolute Gasteiger partial charge is 0.496 e. The first-order chi connectivity index (χ1) is 9.80. The van der Waals surface area contributed by atoms with Crippen molar-refractivity contribution in [2.75, 3.05) is 20.2 Å². The topological polar surface area (TPSA) is 38.5 Å². The highest BCUT2D eigenvalue weighted by molar-refractivity contribution is 5.36. The van der Waals surface area contributed by atoms with E-state index >= 15 is 0 Å². The molecule has 2 atom stereocenters. The lowest BCUT2D eigenvalue weighted by molar-refractivity contribution is -0.152. The molecular formula is C15H23F3N2O. The molecule has 0 saturated heterocycles. The summed E-state index contributed by atoms with van der Waals surface area (Å²) in [4.78, 5) is 1.38. The van der Waals surface area contributed by atoms with Gasteiger partial charge >= 0.3 is 6.18 Å². The minimum atomic E-state index is -4.26. The van der Waals surface area contributed by atoms with Crippen LogP contribution < -0.4 is 10.5 Å². The number of para-hydroxylation sites is 1. The normalized spacial score (nSPS) is 15.0. The Bertz CT molecular complexity index is 435. The molecule has 0 aliphatic rings. The number of hydrogen-bond acceptors (Lipinski definition) is 3. The summed E-state index contributed by atoms with van der Waals surface area (Å²) >= 11 is 0. The van der Waals surface area contributed by atoms with Crippen molar-refractivity contribution >= 4 is 0 Å². The Labute approximate surface area is 123 Å². The summed E-state index contributed by atoms with van der Waals surface area (Å²) in [6, 6.07) is 6.09. The van der Waals surface area contributed by atoms with E-state index in [-0.39, 0.29) is 0 Å². The van der Waals surface area contributed by atoms with E-state index in [4.69, 9.17) is 10.5 Å². The summed E-state index contributed by atoms with van der Waals surface area (Å²) in [6.45, 7) is 2.91. The molecule has 6 heteroatoms. The molecule has 0 saturated carbocycles. The molecule has 120 valence electrons. The van der Waals surface area contributed by atoms with Crippen molar-refractivity contribution < 1.29 is 17.9 Å². The van der Waals surface area contributed by atoms with Crippen molar-refractivity contribution in [1.82, 2.24) is 4.90 Å². The van der Waals surface area contributed by atoms with Crippen LogP contribution in [-0.4, -0.2) is 37.3 Å². The number of alkyl halides is 3. The van der Waals surface area contributed by atoms with Gasteiger partial charge in [0.2, 0.25) is 0 Å². The van der Waals surface area contributed by atoms with Gasteiger partial charge in [-0.1, -0.05) is 25.1 Å². The van der Waals surface area contributed by atoms with Crippen LogP contribution in [0.4, 0.5) is 13.2 Å². The van der Waals surface area contributed by atoms with Crippen molar-refractivity contribution in [2.45, 2.75) is 38.5 Å². The van der Waals surface area contributed by atoms with Crippen LogP contribution in [0.25, 0.3) is 0 Å². The number of nitrogens with zero attached hydrogens (tertiary/aromatic N) is 1. The van der Waals surface area contributed by atoms with Gasteiger partial charge < -0.3 is 10.5 Å². The third kappa shape index (κ3) is 5.21. The summed E-state index contributed by atoms with van der Waals surface area (Å²) in [5, 5.41) is 0. The van der Waals surface area contributed by atoms with Crippen molar-refractivity contribution in [3.05, 3.63) is 29.8 Å². The third-order valence-electron chi connectivity index (χ3n) is 3.24. The fraction of sp³-hybridized carbons (Fsp3) is 0.600. The first kappa shape index (κ1) is 17.8. The first-order valence-electron chi connectivity index (χ1n) is 6.99. The van der Waals surface area contributed by atoms with E-state index in [1.807, 2.05) is 6.92 Å². The lowest BCUT2D eigenvalue weighted by Crippen LogP contribution is -2.44. The molecule has 1 aromatic carbocycles. The van der Waals surface area contributed by atoms with Crippen LogP contribution in [0.2, 0.25) is 0 Å². The van der Waals surface area contributed by atoms with Crippen molar-refractivity contribution in [1.29, 1.82) is 0 Å². The van der Waals surface area contributed by atoms with Crippen molar-refractivity contribution in [2.24, 2.45) is 5.73 Å². The van der Waals surface area contributed by atoms with Gasteiger partial charge in [0.05, 0.1) is 19.7 Å². The van der Waals surface area contributed by atoms with E-state index in [1.54, 1.807) is 31.2 Å². The van der Waals surface area contributed by atoms with Gasteiger partial charge in [-0.15, -0.1) is 0 Å². The lowest BCUT2D eigenvalue weighted by atomic mass is 9.97. The van der Waals surface area contributed by atoms with Crippen LogP contribution in [0, 0.1) is 0 Å².